The summed E-state index contributed by atoms with van der Waals surface area (Å²) in [6.45, 7) is 0.972. The van der Waals surface area contributed by atoms with Gasteiger partial charge in [-0.3, -0.25) is 4.98 Å². The van der Waals surface area contributed by atoms with E-state index in [1.54, 1.807) is 35.7 Å². The van der Waals surface area contributed by atoms with Crippen LogP contribution in [0.15, 0.2) is 59.1 Å². The van der Waals surface area contributed by atoms with Crippen molar-refractivity contribution in [2.24, 2.45) is 0 Å². The van der Waals surface area contributed by atoms with Gasteiger partial charge in [0.2, 0.25) is 10.0 Å². The third-order valence-electron chi connectivity index (χ3n) is 4.48. The molecule has 2 heterocycles. The van der Waals surface area contributed by atoms with Crippen LogP contribution in [-0.4, -0.2) is 50.5 Å². The average molecular weight is 428 g/mol. The smallest absolute Gasteiger partial charge is 0.240 e. The van der Waals surface area contributed by atoms with Crippen LogP contribution in [0.3, 0.4) is 0 Å². The molecule has 0 fully saturated rings. The zero-order valence-electron chi connectivity index (χ0n) is 16.1. The molecular formula is C20H21N5O2S2. The van der Waals surface area contributed by atoms with Crippen molar-refractivity contribution >= 4 is 53.9 Å². The summed E-state index contributed by atoms with van der Waals surface area (Å²) in [6.07, 6.45) is 1.70. The molecule has 0 radical (unpaired) electrons. The van der Waals surface area contributed by atoms with E-state index in [-0.39, 0.29) is 4.90 Å². The largest absolute Gasteiger partial charge is 0.355 e. The van der Waals surface area contributed by atoms with E-state index in [1.165, 1.54) is 0 Å². The Kier molecular flexibility index (Phi) is 5.46. The minimum atomic E-state index is -3.60. The fourth-order valence-electron chi connectivity index (χ4n) is 2.98. The minimum absolute atomic E-state index is 0.217. The average Bonchev–Trinajstić information content (AvgIpc) is 3.15. The Hall–Kier alpha value is -2.59. The number of rotatable bonds is 7. The first-order valence-electron chi connectivity index (χ1n) is 9.06. The van der Waals surface area contributed by atoms with Crippen molar-refractivity contribution in [2.45, 2.75) is 4.90 Å². The van der Waals surface area contributed by atoms with Gasteiger partial charge in [-0.15, -0.1) is 11.3 Å². The molecule has 0 aliphatic rings. The summed E-state index contributed by atoms with van der Waals surface area (Å²) in [7, 11) is 0.200. The van der Waals surface area contributed by atoms with Crippen molar-refractivity contribution < 1.29 is 8.42 Å². The van der Waals surface area contributed by atoms with E-state index >= 15 is 0 Å². The molecule has 29 heavy (non-hydrogen) atoms. The Balaban J connectivity index is 1.67. The second kappa shape index (κ2) is 8.03. The zero-order valence-corrected chi connectivity index (χ0v) is 17.7. The van der Waals surface area contributed by atoms with Gasteiger partial charge in [0.25, 0.3) is 0 Å². The summed E-state index contributed by atoms with van der Waals surface area (Å²) >= 11 is 1.59. The van der Waals surface area contributed by atoms with E-state index in [1.807, 2.05) is 48.8 Å². The molecule has 4 aromatic rings. The molecule has 0 saturated carbocycles. The topological polar surface area (TPSA) is 87.2 Å². The van der Waals surface area contributed by atoms with Crippen LogP contribution in [0.4, 0.5) is 11.4 Å². The summed E-state index contributed by atoms with van der Waals surface area (Å²) in [5.74, 6) is 0. The summed E-state index contributed by atoms with van der Waals surface area (Å²) in [5.41, 5.74) is 5.13. The lowest BCUT2D eigenvalue weighted by Crippen LogP contribution is -2.31. The van der Waals surface area contributed by atoms with Crippen molar-refractivity contribution in [1.82, 2.24) is 19.6 Å². The highest BCUT2D eigenvalue weighted by atomic mass is 32.2. The van der Waals surface area contributed by atoms with Crippen LogP contribution >= 0.6 is 11.3 Å². The van der Waals surface area contributed by atoms with Gasteiger partial charge in [0.05, 0.1) is 26.1 Å². The van der Waals surface area contributed by atoms with Crippen molar-refractivity contribution in [3.63, 3.8) is 0 Å². The fraction of sp³-hybridized carbons (Fsp3) is 0.200. The maximum absolute atomic E-state index is 12.7. The lowest BCUT2D eigenvalue weighted by molar-refractivity contribution is 0.412. The molecule has 2 aromatic heterocycles. The number of benzene rings is 2. The maximum Gasteiger partial charge on any atom is 0.240 e. The Morgan fingerprint density at radius 1 is 1.03 bits per heavy atom. The maximum atomic E-state index is 12.7. The molecule has 0 bridgehead atoms. The van der Waals surface area contributed by atoms with Crippen molar-refractivity contribution in [3.05, 3.63) is 54.2 Å². The van der Waals surface area contributed by atoms with Crippen molar-refractivity contribution in [3.8, 4) is 0 Å². The lowest BCUT2D eigenvalue weighted by Gasteiger charge is -2.13. The number of aromatic nitrogens is 2. The number of hydrogen-bond acceptors (Lipinski definition) is 7. The number of pyridine rings is 1. The quantitative estimate of drug-likeness (QED) is 0.470. The van der Waals surface area contributed by atoms with Gasteiger partial charge < -0.3 is 10.2 Å². The van der Waals surface area contributed by atoms with Gasteiger partial charge in [-0.05, 0) is 56.6 Å². The third kappa shape index (κ3) is 4.38. The number of nitrogens with one attached hydrogen (secondary N) is 2. The highest BCUT2D eigenvalue weighted by Gasteiger charge is 2.15. The van der Waals surface area contributed by atoms with Gasteiger partial charge in [0, 0.05) is 36.0 Å². The first-order valence-corrected chi connectivity index (χ1v) is 11.4. The molecule has 150 valence electrons. The van der Waals surface area contributed by atoms with Gasteiger partial charge in [-0.1, -0.05) is 0 Å². The van der Waals surface area contributed by atoms with Crippen molar-refractivity contribution in [2.75, 3.05) is 32.5 Å². The Labute approximate surface area is 173 Å². The molecular weight excluding hydrogens is 406 g/mol. The monoisotopic (exact) mass is 427 g/mol. The van der Waals surface area contributed by atoms with Gasteiger partial charge in [-0.2, -0.15) is 0 Å². The molecule has 2 aromatic carbocycles. The van der Waals surface area contributed by atoms with Crippen LogP contribution < -0.4 is 10.0 Å². The standard InChI is InChI=1S/C20H21N5O2S2/c1-25(2)10-9-23-29(26,27)15-4-5-17-16(12-15)18(7-8-21-17)24-14-3-6-20-19(11-14)22-13-28-20/h3-8,11-13,23H,9-10H2,1-2H3,(H,21,24). The van der Waals surface area contributed by atoms with E-state index < -0.39 is 10.0 Å². The molecule has 0 spiro atoms. The summed E-state index contributed by atoms with van der Waals surface area (Å²) in [6, 6.07) is 12.8. The fourth-order valence-corrected chi connectivity index (χ4v) is 4.69. The van der Waals surface area contributed by atoms with E-state index in [0.717, 1.165) is 32.5 Å². The van der Waals surface area contributed by atoms with E-state index in [4.69, 9.17) is 0 Å². The first-order chi connectivity index (χ1) is 13.9. The third-order valence-corrected chi connectivity index (χ3v) is 6.75. The molecule has 0 aliphatic heterocycles. The molecule has 2 N–H and O–H groups in total. The summed E-state index contributed by atoms with van der Waals surface area (Å²) in [4.78, 5) is 10.8. The lowest BCUT2D eigenvalue weighted by atomic mass is 10.2. The van der Waals surface area contributed by atoms with Crippen LogP contribution in [0.2, 0.25) is 0 Å². The van der Waals surface area contributed by atoms with Crippen LogP contribution in [0.25, 0.3) is 21.1 Å². The van der Waals surface area contributed by atoms with Crippen LogP contribution in [0, 0.1) is 0 Å². The number of anilines is 2. The van der Waals surface area contributed by atoms with Gasteiger partial charge in [-0.25, -0.2) is 18.1 Å². The molecule has 9 heteroatoms. The summed E-state index contributed by atoms with van der Waals surface area (Å²) in [5, 5.41) is 4.11. The molecule has 0 unspecified atom stereocenters. The minimum Gasteiger partial charge on any atom is -0.355 e. The molecule has 7 nitrogen and oxygen atoms in total. The molecule has 0 amide bonds. The zero-order chi connectivity index (χ0) is 20.4. The van der Waals surface area contributed by atoms with E-state index in [9.17, 15) is 8.42 Å². The highest BCUT2D eigenvalue weighted by molar-refractivity contribution is 7.89. The molecule has 0 saturated heterocycles. The number of likely N-dealkylation sites (N-methyl/N-ethyl adjacent to an activating group) is 1. The first kappa shape index (κ1) is 19.7. The number of fused-ring (bicyclic) bond motifs is 2. The van der Waals surface area contributed by atoms with E-state index in [2.05, 4.69) is 20.0 Å². The SMILES string of the molecule is CN(C)CCNS(=O)(=O)c1ccc2nccc(Nc3ccc4scnc4c3)c2c1. The normalized spacial score (nSPS) is 12.1. The van der Waals surface area contributed by atoms with Gasteiger partial charge >= 0.3 is 0 Å². The van der Waals surface area contributed by atoms with Crippen LogP contribution in [0.5, 0.6) is 0 Å². The van der Waals surface area contributed by atoms with Crippen LogP contribution in [-0.2, 0) is 10.0 Å². The molecule has 0 atom stereocenters. The number of thiazole rings is 1. The number of sulfonamides is 1. The van der Waals surface area contributed by atoms with Gasteiger partial charge in [0.1, 0.15) is 0 Å². The van der Waals surface area contributed by atoms with Crippen molar-refractivity contribution in [1.29, 1.82) is 0 Å². The Bertz CT molecular complexity index is 1270. The Morgan fingerprint density at radius 3 is 2.72 bits per heavy atom. The second-order valence-corrected chi connectivity index (χ2v) is 9.55. The van der Waals surface area contributed by atoms with Crippen LogP contribution in [0.1, 0.15) is 0 Å². The predicted octanol–water partition coefficient (Wildman–Crippen LogP) is 3.43. The second-order valence-electron chi connectivity index (χ2n) is 6.90. The molecule has 4 rings (SSSR count). The molecule has 0 aliphatic carbocycles. The number of nitrogens with zero attached hydrogens (tertiary/aromatic N) is 3. The van der Waals surface area contributed by atoms with E-state index in [0.29, 0.717) is 13.1 Å². The number of hydrogen-bond donors (Lipinski definition) is 2. The highest BCUT2D eigenvalue weighted by Crippen LogP contribution is 2.29. The predicted molar refractivity (Wildman–Crippen MR) is 118 cm³/mol. The van der Waals surface area contributed by atoms with Gasteiger partial charge in [0.15, 0.2) is 0 Å². The Morgan fingerprint density at radius 2 is 1.90 bits per heavy atom. The summed E-state index contributed by atoms with van der Waals surface area (Å²) < 4.78 is 29.1.